The lowest BCUT2D eigenvalue weighted by Gasteiger charge is -2.38. The molecule has 0 spiro atoms. The second-order valence-electron chi connectivity index (χ2n) is 7.94. The number of carbonyl (C=O) groups excluding carboxylic acids is 1. The van der Waals surface area contributed by atoms with E-state index in [0.29, 0.717) is 24.4 Å². The van der Waals surface area contributed by atoms with Gasteiger partial charge in [-0.2, -0.15) is 0 Å². The number of ether oxygens (including phenoxy) is 1. The Balaban J connectivity index is 1.45. The van der Waals surface area contributed by atoms with E-state index in [4.69, 9.17) is 4.74 Å². The Hall–Kier alpha value is -2.00. The zero-order valence-electron chi connectivity index (χ0n) is 18.0. The molecule has 2 N–H and O–H groups in total. The number of rotatable bonds is 7. The summed E-state index contributed by atoms with van der Waals surface area (Å²) in [6, 6.07) is 8.54. The number of carbonyl (C=O) groups is 1. The molecule has 0 bridgehead atoms. The van der Waals surface area contributed by atoms with Crippen molar-refractivity contribution < 1.29 is 17.9 Å². The summed E-state index contributed by atoms with van der Waals surface area (Å²) < 4.78 is 31.3. The van der Waals surface area contributed by atoms with Crippen LogP contribution in [0.5, 0.6) is 0 Å². The number of likely N-dealkylation sites (tertiary alicyclic amines) is 1. The molecule has 2 heterocycles. The number of nitrogens with one attached hydrogen (secondary N) is 2. The van der Waals surface area contributed by atoms with Crippen LogP contribution in [0.2, 0.25) is 0 Å². The van der Waals surface area contributed by atoms with E-state index in [2.05, 4.69) is 14.9 Å². The SMILES string of the molecule is CCOC(=O)N1CCC(NC2CCN(c3cccc(NS(=O)(=O)CC)c3)CC2)CC1. The van der Waals surface area contributed by atoms with Gasteiger partial charge < -0.3 is 19.9 Å². The van der Waals surface area contributed by atoms with E-state index in [9.17, 15) is 13.2 Å². The maximum atomic E-state index is 11.8. The Morgan fingerprint density at radius 1 is 1.07 bits per heavy atom. The van der Waals surface area contributed by atoms with Crippen LogP contribution in [0.25, 0.3) is 0 Å². The van der Waals surface area contributed by atoms with Crippen molar-refractivity contribution >= 4 is 27.5 Å². The van der Waals surface area contributed by atoms with Gasteiger partial charge in [-0.25, -0.2) is 13.2 Å². The predicted octanol–water partition coefficient (Wildman–Crippen LogP) is 2.63. The third kappa shape index (κ3) is 6.25. The van der Waals surface area contributed by atoms with Gasteiger partial charge in [0.2, 0.25) is 10.0 Å². The summed E-state index contributed by atoms with van der Waals surface area (Å²) in [5, 5.41) is 3.77. The van der Waals surface area contributed by atoms with Crippen molar-refractivity contribution in [3.63, 3.8) is 0 Å². The molecule has 0 atom stereocenters. The van der Waals surface area contributed by atoms with E-state index in [1.54, 1.807) is 17.9 Å². The topological polar surface area (TPSA) is 91.0 Å². The van der Waals surface area contributed by atoms with Gasteiger partial charge in [-0.1, -0.05) is 6.07 Å². The van der Waals surface area contributed by atoms with Crippen LogP contribution in [0, 0.1) is 0 Å². The van der Waals surface area contributed by atoms with Gasteiger partial charge in [0.1, 0.15) is 0 Å². The minimum Gasteiger partial charge on any atom is -0.450 e. The Bertz CT molecular complexity index is 801. The fraction of sp³-hybridized carbons (Fsp3) is 0.667. The van der Waals surface area contributed by atoms with Gasteiger partial charge in [-0.05, 0) is 57.7 Å². The van der Waals surface area contributed by atoms with E-state index in [1.807, 2.05) is 25.1 Å². The van der Waals surface area contributed by atoms with Gasteiger partial charge in [-0.3, -0.25) is 4.72 Å². The van der Waals surface area contributed by atoms with E-state index < -0.39 is 10.0 Å². The predicted molar refractivity (Wildman–Crippen MR) is 120 cm³/mol. The average molecular weight is 439 g/mol. The molecule has 2 saturated heterocycles. The van der Waals surface area contributed by atoms with Crippen molar-refractivity contribution in [3.05, 3.63) is 24.3 Å². The molecule has 2 fully saturated rings. The molecule has 0 aliphatic carbocycles. The van der Waals surface area contributed by atoms with Crippen LogP contribution in [-0.4, -0.2) is 70.0 Å². The monoisotopic (exact) mass is 438 g/mol. The number of sulfonamides is 1. The quantitative estimate of drug-likeness (QED) is 0.680. The van der Waals surface area contributed by atoms with Crippen molar-refractivity contribution in [1.29, 1.82) is 0 Å². The van der Waals surface area contributed by atoms with Crippen LogP contribution in [-0.2, 0) is 14.8 Å². The van der Waals surface area contributed by atoms with Gasteiger partial charge >= 0.3 is 6.09 Å². The van der Waals surface area contributed by atoms with Gasteiger partial charge in [0.05, 0.1) is 18.0 Å². The van der Waals surface area contributed by atoms with Crippen molar-refractivity contribution in [2.75, 3.05) is 48.2 Å². The Labute approximate surface area is 180 Å². The summed E-state index contributed by atoms with van der Waals surface area (Å²) >= 11 is 0. The molecule has 0 aromatic heterocycles. The molecular weight excluding hydrogens is 404 g/mol. The first-order valence-corrected chi connectivity index (χ1v) is 12.6. The number of benzene rings is 1. The first-order valence-electron chi connectivity index (χ1n) is 10.9. The zero-order chi connectivity index (χ0) is 21.6. The average Bonchev–Trinajstić information content (AvgIpc) is 2.75. The third-order valence-corrected chi connectivity index (χ3v) is 7.16. The van der Waals surface area contributed by atoms with E-state index in [0.717, 1.165) is 57.5 Å². The van der Waals surface area contributed by atoms with Crippen molar-refractivity contribution in [2.24, 2.45) is 0 Å². The summed E-state index contributed by atoms with van der Waals surface area (Å²) in [6.45, 7) is 7.24. The molecule has 0 saturated carbocycles. The second kappa shape index (κ2) is 10.3. The molecule has 2 aliphatic heterocycles. The number of hydrogen-bond donors (Lipinski definition) is 2. The first-order chi connectivity index (χ1) is 14.4. The molecule has 168 valence electrons. The molecule has 2 aliphatic rings. The number of nitrogens with zero attached hydrogens (tertiary/aromatic N) is 2. The lowest BCUT2D eigenvalue weighted by atomic mass is 9.99. The molecule has 9 heteroatoms. The van der Waals surface area contributed by atoms with E-state index in [1.165, 1.54) is 0 Å². The molecule has 30 heavy (non-hydrogen) atoms. The largest absolute Gasteiger partial charge is 0.450 e. The van der Waals surface area contributed by atoms with Gasteiger partial charge in [0.15, 0.2) is 0 Å². The standard InChI is InChI=1S/C21H34N4O4S/c1-3-29-21(26)25-14-10-18(11-15-25)22-17-8-12-24(13-9-17)20-7-5-6-19(16-20)23-30(27,28)4-2/h5-7,16-18,22-23H,3-4,8-15H2,1-2H3. The summed E-state index contributed by atoms with van der Waals surface area (Å²) in [5.74, 6) is 0.0625. The molecule has 8 nitrogen and oxygen atoms in total. The summed E-state index contributed by atoms with van der Waals surface area (Å²) in [4.78, 5) is 15.9. The highest BCUT2D eigenvalue weighted by atomic mass is 32.2. The van der Waals surface area contributed by atoms with Crippen molar-refractivity contribution in [2.45, 2.75) is 51.6 Å². The molecule has 1 aromatic carbocycles. The highest BCUT2D eigenvalue weighted by Crippen LogP contribution is 2.24. The maximum Gasteiger partial charge on any atom is 0.409 e. The number of hydrogen-bond acceptors (Lipinski definition) is 6. The fourth-order valence-corrected chi connectivity index (χ4v) is 4.73. The number of anilines is 2. The lowest BCUT2D eigenvalue weighted by molar-refractivity contribution is 0.0938. The maximum absolute atomic E-state index is 11.8. The van der Waals surface area contributed by atoms with Gasteiger partial charge in [0.25, 0.3) is 0 Å². The highest BCUT2D eigenvalue weighted by Gasteiger charge is 2.27. The van der Waals surface area contributed by atoms with Crippen molar-refractivity contribution in [1.82, 2.24) is 10.2 Å². The van der Waals surface area contributed by atoms with Crippen LogP contribution in [0.15, 0.2) is 24.3 Å². The molecule has 1 aromatic rings. The number of piperidine rings is 2. The normalized spacial score (nSPS) is 19.0. The summed E-state index contributed by atoms with van der Waals surface area (Å²) in [5.41, 5.74) is 1.66. The van der Waals surface area contributed by atoms with E-state index in [-0.39, 0.29) is 11.8 Å². The second-order valence-corrected chi connectivity index (χ2v) is 9.96. The molecule has 0 unspecified atom stereocenters. The summed E-state index contributed by atoms with van der Waals surface area (Å²) in [6.07, 6.45) is 3.80. The van der Waals surface area contributed by atoms with Crippen LogP contribution < -0.4 is 14.9 Å². The van der Waals surface area contributed by atoms with Crippen molar-refractivity contribution in [3.8, 4) is 0 Å². The lowest BCUT2D eigenvalue weighted by Crippen LogP contribution is -2.50. The molecular formula is C21H34N4O4S. The minimum atomic E-state index is -3.27. The smallest absolute Gasteiger partial charge is 0.409 e. The van der Waals surface area contributed by atoms with Gasteiger partial charge in [0, 0.05) is 44.0 Å². The van der Waals surface area contributed by atoms with Crippen LogP contribution >= 0.6 is 0 Å². The zero-order valence-corrected chi connectivity index (χ0v) is 18.8. The highest BCUT2D eigenvalue weighted by molar-refractivity contribution is 7.92. The van der Waals surface area contributed by atoms with E-state index >= 15 is 0 Å². The molecule has 1 amide bonds. The third-order valence-electron chi connectivity index (χ3n) is 5.85. The minimum absolute atomic E-state index is 0.0625. The fourth-order valence-electron chi connectivity index (χ4n) is 4.10. The number of amides is 1. The summed E-state index contributed by atoms with van der Waals surface area (Å²) in [7, 11) is -3.27. The Kier molecular flexibility index (Phi) is 7.82. The Morgan fingerprint density at radius 3 is 2.30 bits per heavy atom. The first kappa shape index (κ1) is 22.7. The van der Waals surface area contributed by atoms with Crippen LogP contribution in [0.4, 0.5) is 16.2 Å². The van der Waals surface area contributed by atoms with Gasteiger partial charge in [-0.15, -0.1) is 0 Å². The molecule has 0 radical (unpaired) electrons. The molecule has 3 rings (SSSR count). The Morgan fingerprint density at radius 2 is 1.70 bits per heavy atom. The van der Waals surface area contributed by atoms with Crippen LogP contribution in [0.1, 0.15) is 39.5 Å². The van der Waals surface area contributed by atoms with Crippen LogP contribution in [0.3, 0.4) is 0 Å².